The smallest absolute Gasteiger partial charge is 0.223 e. The van der Waals surface area contributed by atoms with E-state index in [2.05, 4.69) is 43.7 Å². The number of hydrogen-bond donors (Lipinski definition) is 4. The molecule has 9 heteroatoms. The van der Waals surface area contributed by atoms with Crippen molar-refractivity contribution in [3.05, 3.63) is 29.3 Å². The Morgan fingerprint density at radius 2 is 2.06 bits per heavy atom. The number of benzene rings is 1. The molecule has 9 nitrogen and oxygen atoms in total. The van der Waals surface area contributed by atoms with Crippen molar-refractivity contribution in [1.82, 2.24) is 10.2 Å². The number of carbonyl (C=O) groups is 2. The maximum absolute atomic E-state index is 11.6. The maximum Gasteiger partial charge on any atom is 0.223 e. The topological polar surface area (TPSA) is 140 Å². The van der Waals surface area contributed by atoms with Gasteiger partial charge in [0.2, 0.25) is 12.3 Å². The van der Waals surface area contributed by atoms with Gasteiger partial charge in [0.15, 0.2) is 0 Å². The van der Waals surface area contributed by atoms with Crippen molar-refractivity contribution in [2.45, 2.75) is 52.7 Å². The molecular formula is C24H40N4O5. The SMILES string of the molecule is C#Cc1ccc(CNC=O)c(OCCCOC)c1.CC(C)(C)CC(=O)N1CCC(O)C1.NN. The van der Waals surface area contributed by atoms with Gasteiger partial charge in [-0.25, -0.2) is 0 Å². The van der Waals surface area contributed by atoms with E-state index in [1.54, 1.807) is 18.1 Å². The highest BCUT2D eigenvalue weighted by Crippen LogP contribution is 2.22. The second-order valence-corrected chi connectivity index (χ2v) is 8.68. The number of nitrogens with one attached hydrogen (secondary N) is 1. The molecule has 1 fully saturated rings. The van der Waals surface area contributed by atoms with Gasteiger partial charge in [-0.15, -0.1) is 6.42 Å². The maximum atomic E-state index is 11.6. The molecule has 1 atom stereocenters. The number of nitrogens with zero attached hydrogens (tertiary/aromatic N) is 1. The molecule has 0 aliphatic carbocycles. The van der Waals surface area contributed by atoms with E-state index in [1.807, 2.05) is 12.1 Å². The molecule has 0 radical (unpaired) electrons. The van der Waals surface area contributed by atoms with Gasteiger partial charge in [0, 0.05) is 57.3 Å². The van der Waals surface area contributed by atoms with Crippen molar-refractivity contribution in [2.75, 3.05) is 33.4 Å². The predicted molar refractivity (Wildman–Crippen MR) is 129 cm³/mol. The Morgan fingerprint density at radius 1 is 1.36 bits per heavy atom. The van der Waals surface area contributed by atoms with Crippen LogP contribution in [0.2, 0.25) is 0 Å². The molecule has 0 spiro atoms. The van der Waals surface area contributed by atoms with Crippen LogP contribution in [0, 0.1) is 17.8 Å². The van der Waals surface area contributed by atoms with Crippen LogP contribution < -0.4 is 21.7 Å². The molecule has 1 aromatic rings. The van der Waals surface area contributed by atoms with Gasteiger partial charge in [-0.1, -0.05) is 32.8 Å². The first-order valence-electron chi connectivity index (χ1n) is 10.9. The highest BCUT2D eigenvalue weighted by atomic mass is 16.5. The summed E-state index contributed by atoms with van der Waals surface area (Å²) in [7, 11) is 1.65. The first-order chi connectivity index (χ1) is 15.7. The standard InChI is InChI=1S/C14H17NO3.C10H19NO2.H4N2/c1-3-12-5-6-13(10-15-11-16)14(9-12)18-8-4-7-17-2;1-10(2,3)6-9(13)11-5-4-8(12)7-11;1-2/h1,5-6,9,11H,4,7-8,10H2,2H3,(H,15,16);8,12H,4-7H2,1-3H3;1-2H2. The third-order valence-electron chi connectivity index (χ3n) is 4.56. The van der Waals surface area contributed by atoms with Crippen LogP contribution in [0.15, 0.2) is 18.2 Å². The van der Waals surface area contributed by atoms with Crippen LogP contribution in [0.1, 0.15) is 51.2 Å². The number of likely N-dealkylation sites (tertiary alicyclic amines) is 1. The van der Waals surface area contributed by atoms with Crippen LogP contribution in [-0.4, -0.2) is 61.8 Å². The van der Waals surface area contributed by atoms with E-state index in [1.165, 1.54) is 0 Å². The number of hydrazine groups is 1. The molecule has 0 aromatic heterocycles. The highest BCUT2D eigenvalue weighted by Gasteiger charge is 2.27. The van der Waals surface area contributed by atoms with E-state index in [0.717, 1.165) is 30.5 Å². The fourth-order valence-electron chi connectivity index (χ4n) is 3.00. The van der Waals surface area contributed by atoms with E-state index in [9.17, 15) is 14.7 Å². The number of methoxy groups -OCH3 is 1. The fraction of sp³-hybridized carbons (Fsp3) is 0.583. The van der Waals surface area contributed by atoms with Gasteiger partial charge >= 0.3 is 0 Å². The van der Waals surface area contributed by atoms with Crippen molar-refractivity contribution in [2.24, 2.45) is 17.1 Å². The van der Waals surface area contributed by atoms with Crippen molar-refractivity contribution >= 4 is 12.3 Å². The molecule has 0 saturated carbocycles. The van der Waals surface area contributed by atoms with E-state index >= 15 is 0 Å². The molecule has 33 heavy (non-hydrogen) atoms. The average molecular weight is 465 g/mol. The van der Waals surface area contributed by atoms with Crippen molar-refractivity contribution < 1.29 is 24.2 Å². The first-order valence-corrected chi connectivity index (χ1v) is 10.9. The van der Waals surface area contributed by atoms with Crippen LogP contribution in [0.4, 0.5) is 0 Å². The number of nitrogens with two attached hydrogens (primary N) is 2. The molecule has 1 saturated heterocycles. The van der Waals surface area contributed by atoms with Crippen LogP contribution in [-0.2, 0) is 20.9 Å². The Labute approximate surface area is 197 Å². The minimum Gasteiger partial charge on any atom is -0.493 e. The van der Waals surface area contributed by atoms with Crippen molar-refractivity contribution in [1.29, 1.82) is 0 Å². The molecule has 1 aromatic carbocycles. The lowest BCUT2D eigenvalue weighted by Gasteiger charge is -2.22. The lowest BCUT2D eigenvalue weighted by atomic mass is 9.92. The summed E-state index contributed by atoms with van der Waals surface area (Å²) in [5.74, 6) is 11.4. The monoisotopic (exact) mass is 464 g/mol. The quantitative estimate of drug-likeness (QED) is 0.141. The van der Waals surface area contributed by atoms with E-state index in [0.29, 0.717) is 44.9 Å². The number of hydrogen-bond acceptors (Lipinski definition) is 7. The summed E-state index contributed by atoms with van der Waals surface area (Å²) in [5.41, 5.74) is 1.70. The number of aliphatic hydroxyl groups excluding tert-OH is 1. The van der Waals surface area contributed by atoms with Gasteiger partial charge in [0.05, 0.1) is 12.7 Å². The number of amides is 2. The van der Waals surface area contributed by atoms with Crippen LogP contribution in [0.5, 0.6) is 5.75 Å². The largest absolute Gasteiger partial charge is 0.493 e. The molecular weight excluding hydrogens is 424 g/mol. The Kier molecular flexibility index (Phi) is 15.6. The molecule has 2 rings (SSSR count). The van der Waals surface area contributed by atoms with Crippen LogP contribution >= 0.6 is 0 Å². The Balaban J connectivity index is 0.000000602. The van der Waals surface area contributed by atoms with Crippen molar-refractivity contribution in [3.63, 3.8) is 0 Å². The Hall–Kier alpha value is -2.64. The van der Waals surface area contributed by atoms with Gasteiger partial charge in [-0.2, -0.15) is 0 Å². The zero-order valence-electron chi connectivity index (χ0n) is 20.3. The lowest BCUT2D eigenvalue weighted by Crippen LogP contribution is -2.32. The molecule has 1 heterocycles. The molecule has 186 valence electrons. The van der Waals surface area contributed by atoms with E-state index < -0.39 is 0 Å². The molecule has 6 N–H and O–H groups in total. The molecule has 1 aliphatic rings. The first kappa shape index (κ1) is 30.4. The zero-order chi connectivity index (χ0) is 25.3. The highest BCUT2D eigenvalue weighted by molar-refractivity contribution is 5.77. The second kappa shape index (κ2) is 16.9. The number of carbonyl (C=O) groups excluding carboxylic acids is 2. The molecule has 1 aliphatic heterocycles. The number of rotatable bonds is 9. The minimum atomic E-state index is -0.302. The number of ether oxygens (including phenoxy) is 2. The van der Waals surface area contributed by atoms with Crippen LogP contribution in [0.3, 0.4) is 0 Å². The van der Waals surface area contributed by atoms with Gasteiger partial charge < -0.3 is 24.8 Å². The molecule has 0 bridgehead atoms. The summed E-state index contributed by atoms with van der Waals surface area (Å²) in [4.78, 5) is 23.7. The van der Waals surface area contributed by atoms with Gasteiger partial charge in [0.1, 0.15) is 5.75 Å². The summed E-state index contributed by atoms with van der Waals surface area (Å²) in [6.07, 6.45) is 7.81. The minimum absolute atomic E-state index is 0.0463. The van der Waals surface area contributed by atoms with Gasteiger partial charge in [-0.05, 0) is 24.0 Å². The number of aliphatic hydroxyl groups is 1. The Bertz CT molecular complexity index is 743. The normalized spacial score (nSPS) is 14.7. The summed E-state index contributed by atoms with van der Waals surface area (Å²) in [6.45, 7) is 9.03. The number of terminal acetylenes is 1. The third-order valence-corrected chi connectivity index (χ3v) is 4.56. The fourth-order valence-corrected chi connectivity index (χ4v) is 3.00. The van der Waals surface area contributed by atoms with Gasteiger partial charge in [-0.3, -0.25) is 21.3 Å². The Morgan fingerprint density at radius 3 is 2.58 bits per heavy atom. The van der Waals surface area contributed by atoms with Crippen LogP contribution in [0.25, 0.3) is 0 Å². The van der Waals surface area contributed by atoms with Gasteiger partial charge in [0.25, 0.3) is 0 Å². The lowest BCUT2D eigenvalue weighted by molar-refractivity contribution is -0.132. The molecule has 1 unspecified atom stereocenters. The summed E-state index contributed by atoms with van der Waals surface area (Å²) < 4.78 is 10.6. The molecule has 2 amide bonds. The zero-order valence-corrected chi connectivity index (χ0v) is 20.3. The third kappa shape index (κ3) is 13.5. The number of β-amino-alcohol motifs (C(OH)–C–C–N with tert-alkyl or cyclic N) is 1. The second-order valence-electron chi connectivity index (χ2n) is 8.68. The van der Waals surface area contributed by atoms with E-state index in [4.69, 9.17) is 15.9 Å². The van der Waals surface area contributed by atoms with Crippen molar-refractivity contribution in [3.8, 4) is 18.1 Å². The average Bonchev–Trinajstić information content (AvgIpc) is 3.23. The summed E-state index contributed by atoms with van der Waals surface area (Å²) >= 11 is 0. The summed E-state index contributed by atoms with van der Waals surface area (Å²) in [6, 6.07) is 5.48. The van der Waals surface area contributed by atoms with E-state index in [-0.39, 0.29) is 17.4 Å². The summed E-state index contributed by atoms with van der Waals surface area (Å²) in [5, 5.41) is 11.9. The predicted octanol–water partition coefficient (Wildman–Crippen LogP) is 1.16.